The van der Waals surface area contributed by atoms with Gasteiger partial charge in [-0.2, -0.15) is 0 Å². The van der Waals surface area contributed by atoms with Crippen LogP contribution in [0.3, 0.4) is 0 Å². The third-order valence-electron chi connectivity index (χ3n) is 6.16. The molecule has 0 aromatic heterocycles. The number of carbonyl (C=O) groups is 3. The van der Waals surface area contributed by atoms with Gasteiger partial charge in [0.1, 0.15) is 12.6 Å². The number of methoxy groups -OCH3 is 1. The van der Waals surface area contributed by atoms with Crippen LogP contribution < -0.4 is 10.6 Å². The predicted molar refractivity (Wildman–Crippen MR) is 128 cm³/mol. The highest BCUT2D eigenvalue weighted by Crippen LogP contribution is 2.44. The molecule has 182 valence electrons. The minimum Gasteiger partial charge on any atom is -0.481 e. The van der Waals surface area contributed by atoms with Gasteiger partial charge < -0.3 is 25.2 Å². The third kappa shape index (κ3) is 6.14. The van der Waals surface area contributed by atoms with Crippen LogP contribution in [0.25, 0.3) is 11.1 Å². The van der Waals surface area contributed by atoms with Gasteiger partial charge in [0.15, 0.2) is 0 Å². The zero-order chi connectivity index (χ0) is 24.5. The van der Waals surface area contributed by atoms with Gasteiger partial charge in [-0.3, -0.25) is 9.59 Å². The summed E-state index contributed by atoms with van der Waals surface area (Å²) in [4.78, 5) is 36.6. The summed E-state index contributed by atoms with van der Waals surface area (Å²) in [5, 5.41) is 14.5. The number of hydrogen-bond acceptors (Lipinski definition) is 5. The van der Waals surface area contributed by atoms with E-state index < -0.39 is 29.9 Å². The summed E-state index contributed by atoms with van der Waals surface area (Å²) in [7, 11) is 1.56. The second kappa shape index (κ2) is 12.2. The Morgan fingerprint density at radius 3 is 2.21 bits per heavy atom. The molecule has 0 spiro atoms. The number of fused-ring (bicyclic) bond motifs is 3. The number of hydrogen-bond donors (Lipinski definition) is 3. The van der Waals surface area contributed by atoms with Gasteiger partial charge in [-0.05, 0) is 41.5 Å². The number of alkyl carbamates (subject to hydrolysis) is 1. The largest absolute Gasteiger partial charge is 0.481 e. The lowest BCUT2D eigenvalue weighted by atomic mass is 9.98. The Balaban J connectivity index is 1.62. The lowest BCUT2D eigenvalue weighted by molar-refractivity contribution is -0.141. The molecule has 2 atom stereocenters. The lowest BCUT2D eigenvalue weighted by Crippen LogP contribution is -2.48. The summed E-state index contributed by atoms with van der Waals surface area (Å²) in [5.74, 6) is -2.18. The first-order chi connectivity index (χ1) is 16.5. The molecule has 0 heterocycles. The Morgan fingerprint density at radius 1 is 1.03 bits per heavy atom. The van der Waals surface area contributed by atoms with Crippen molar-refractivity contribution in [1.82, 2.24) is 10.6 Å². The van der Waals surface area contributed by atoms with Crippen LogP contribution in [0.2, 0.25) is 0 Å². The van der Waals surface area contributed by atoms with E-state index in [0.717, 1.165) is 22.3 Å². The fraction of sp³-hybridized carbons (Fsp3) is 0.423. The average Bonchev–Trinajstić information content (AvgIpc) is 3.16. The third-order valence-corrected chi connectivity index (χ3v) is 6.16. The number of carboxylic acid groups (broad SMARTS) is 1. The van der Waals surface area contributed by atoms with Crippen LogP contribution in [0, 0.1) is 5.92 Å². The van der Waals surface area contributed by atoms with Crippen molar-refractivity contribution in [3.05, 3.63) is 59.7 Å². The fourth-order valence-electron chi connectivity index (χ4n) is 4.24. The molecule has 1 aliphatic carbocycles. The van der Waals surface area contributed by atoms with E-state index in [2.05, 4.69) is 22.8 Å². The zero-order valence-corrected chi connectivity index (χ0v) is 19.6. The molecule has 2 aromatic carbocycles. The highest BCUT2D eigenvalue weighted by molar-refractivity contribution is 5.86. The molecule has 3 rings (SSSR count). The van der Waals surface area contributed by atoms with Gasteiger partial charge in [0.05, 0.1) is 5.92 Å². The molecule has 0 fully saturated rings. The van der Waals surface area contributed by atoms with Crippen molar-refractivity contribution in [1.29, 1.82) is 0 Å². The van der Waals surface area contributed by atoms with Crippen LogP contribution in [0.4, 0.5) is 4.79 Å². The van der Waals surface area contributed by atoms with Crippen LogP contribution in [-0.4, -0.2) is 56.0 Å². The molecular formula is C26H32N2O6. The average molecular weight is 469 g/mol. The van der Waals surface area contributed by atoms with Gasteiger partial charge in [-0.1, -0.05) is 55.5 Å². The quantitative estimate of drug-likeness (QED) is 0.411. The Bertz CT molecular complexity index is 963. The van der Waals surface area contributed by atoms with E-state index in [1.807, 2.05) is 36.4 Å². The molecule has 0 aliphatic heterocycles. The second-order valence-electron chi connectivity index (χ2n) is 8.35. The summed E-state index contributed by atoms with van der Waals surface area (Å²) in [6.07, 6.45) is 0.594. The Labute approximate surface area is 199 Å². The molecule has 8 nitrogen and oxygen atoms in total. The smallest absolute Gasteiger partial charge is 0.407 e. The van der Waals surface area contributed by atoms with E-state index in [0.29, 0.717) is 25.9 Å². The van der Waals surface area contributed by atoms with Crippen molar-refractivity contribution in [2.24, 2.45) is 5.92 Å². The Morgan fingerprint density at radius 2 is 1.65 bits per heavy atom. The molecule has 0 saturated carbocycles. The van der Waals surface area contributed by atoms with E-state index in [1.54, 1.807) is 14.0 Å². The summed E-state index contributed by atoms with van der Waals surface area (Å²) in [5.41, 5.74) is 4.47. The topological polar surface area (TPSA) is 114 Å². The van der Waals surface area contributed by atoms with E-state index in [9.17, 15) is 19.5 Å². The molecular weight excluding hydrogens is 436 g/mol. The maximum atomic E-state index is 12.7. The maximum Gasteiger partial charge on any atom is 0.407 e. The first-order valence-corrected chi connectivity index (χ1v) is 11.6. The maximum absolute atomic E-state index is 12.7. The predicted octanol–water partition coefficient (Wildman–Crippen LogP) is 3.55. The second-order valence-corrected chi connectivity index (χ2v) is 8.35. The minimum absolute atomic E-state index is 0.00217. The van der Waals surface area contributed by atoms with Gasteiger partial charge in [-0.15, -0.1) is 0 Å². The van der Waals surface area contributed by atoms with Crippen molar-refractivity contribution in [3.63, 3.8) is 0 Å². The molecule has 0 radical (unpaired) electrons. The first kappa shape index (κ1) is 25.2. The van der Waals surface area contributed by atoms with E-state index in [1.165, 1.54) is 0 Å². The van der Waals surface area contributed by atoms with Crippen molar-refractivity contribution in [3.8, 4) is 11.1 Å². The van der Waals surface area contributed by atoms with Crippen molar-refractivity contribution >= 4 is 18.0 Å². The number of amides is 2. The SMILES string of the molecule is CCC(CNC(=O)C(CCCOC)NC(=O)OCC1c2ccccc2-c2ccccc21)C(=O)O. The molecule has 2 amide bonds. The van der Waals surface area contributed by atoms with Crippen LogP contribution in [0.1, 0.15) is 43.2 Å². The van der Waals surface area contributed by atoms with E-state index in [-0.39, 0.29) is 19.1 Å². The number of nitrogens with one attached hydrogen (secondary N) is 2. The molecule has 0 saturated heterocycles. The van der Waals surface area contributed by atoms with Gasteiger partial charge in [-0.25, -0.2) is 4.79 Å². The van der Waals surface area contributed by atoms with Gasteiger partial charge in [0, 0.05) is 26.2 Å². The van der Waals surface area contributed by atoms with Crippen molar-refractivity contribution in [2.75, 3.05) is 26.9 Å². The van der Waals surface area contributed by atoms with Crippen LogP contribution in [0.15, 0.2) is 48.5 Å². The molecule has 3 N–H and O–H groups in total. The summed E-state index contributed by atoms with van der Waals surface area (Å²) in [6, 6.07) is 15.3. The number of rotatable bonds is 12. The minimum atomic E-state index is -0.969. The number of benzene rings is 2. The van der Waals surface area contributed by atoms with Crippen LogP contribution >= 0.6 is 0 Å². The molecule has 34 heavy (non-hydrogen) atoms. The van der Waals surface area contributed by atoms with Gasteiger partial charge >= 0.3 is 12.1 Å². The number of ether oxygens (including phenoxy) is 2. The van der Waals surface area contributed by atoms with E-state index in [4.69, 9.17) is 9.47 Å². The molecule has 1 aliphatic rings. The standard InChI is InChI=1S/C26H32N2O6/c1-3-17(25(30)31)15-27-24(29)23(13-8-14-33-2)28-26(32)34-16-22-20-11-6-4-9-18(20)19-10-5-7-12-21(19)22/h4-7,9-12,17,22-23H,3,8,13-16H2,1-2H3,(H,27,29)(H,28,32)(H,30,31). The summed E-state index contributed by atoms with van der Waals surface area (Å²) >= 11 is 0. The van der Waals surface area contributed by atoms with Gasteiger partial charge in [0.25, 0.3) is 0 Å². The monoisotopic (exact) mass is 468 g/mol. The molecule has 2 aromatic rings. The fourth-order valence-corrected chi connectivity index (χ4v) is 4.24. The number of carboxylic acids is 1. The van der Waals surface area contributed by atoms with Crippen molar-refractivity contribution < 1.29 is 29.0 Å². The van der Waals surface area contributed by atoms with Gasteiger partial charge in [0.2, 0.25) is 5.91 Å². The highest BCUT2D eigenvalue weighted by Gasteiger charge is 2.30. The number of carbonyl (C=O) groups excluding carboxylic acids is 2. The first-order valence-electron chi connectivity index (χ1n) is 11.6. The normalized spacial score (nSPS) is 13.9. The summed E-state index contributed by atoms with van der Waals surface area (Å²) < 4.78 is 10.6. The zero-order valence-electron chi connectivity index (χ0n) is 19.6. The Kier molecular flexibility index (Phi) is 9.04. The van der Waals surface area contributed by atoms with Crippen molar-refractivity contribution in [2.45, 2.75) is 38.1 Å². The van der Waals surface area contributed by atoms with E-state index >= 15 is 0 Å². The highest BCUT2D eigenvalue weighted by atomic mass is 16.5. The lowest BCUT2D eigenvalue weighted by Gasteiger charge is -2.20. The molecule has 8 heteroatoms. The number of aliphatic carboxylic acids is 1. The molecule has 0 bridgehead atoms. The molecule has 2 unspecified atom stereocenters. The Hall–Kier alpha value is -3.39. The van der Waals surface area contributed by atoms with Crippen LogP contribution in [0.5, 0.6) is 0 Å². The van der Waals surface area contributed by atoms with Crippen LogP contribution in [-0.2, 0) is 19.1 Å². The summed E-state index contributed by atoms with van der Waals surface area (Å²) in [6.45, 7) is 2.32.